The van der Waals surface area contributed by atoms with Crippen LogP contribution in [0.2, 0.25) is 5.02 Å². The molecule has 4 aromatic carbocycles. The van der Waals surface area contributed by atoms with Crippen molar-refractivity contribution in [2.24, 2.45) is 0 Å². The first kappa shape index (κ1) is 26.9. The molecule has 6 aromatic rings. The molecule has 7 rings (SSSR count). The number of hydrogen-bond donors (Lipinski definition) is 1. The van der Waals surface area contributed by atoms with Crippen molar-refractivity contribution in [1.29, 1.82) is 0 Å². The summed E-state index contributed by atoms with van der Waals surface area (Å²) in [5, 5.41) is 14.9. The van der Waals surface area contributed by atoms with Crippen molar-refractivity contribution < 1.29 is 14.3 Å². The van der Waals surface area contributed by atoms with Gasteiger partial charge in [-0.1, -0.05) is 86.1 Å². The summed E-state index contributed by atoms with van der Waals surface area (Å²) in [5.41, 5.74) is 4.75. The monoisotopic (exact) mass is 562 g/mol. The molecule has 0 spiro atoms. The third-order valence-corrected chi connectivity index (χ3v) is 8.33. The Morgan fingerprint density at radius 2 is 1.68 bits per heavy atom. The molecular weight excluding hydrogens is 535 g/mol. The van der Waals surface area contributed by atoms with E-state index < -0.39 is 5.97 Å². The first-order valence-corrected chi connectivity index (χ1v) is 13.9. The Kier molecular flexibility index (Phi) is 6.92. The maximum Gasteiger partial charge on any atom is 0.354 e. The molecule has 0 aliphatic heterocycles. The normalized spacial score (nSPS) is 15.8. The summed E-state index contributed by atoms with van der Waals surface area (Å²) in [6.07, 6.45) is 5.08. The number of hydrogen-bond acceptors (Lipinski definition) is 3. The van der Waals surface area contributed by atoms with E-state index in [1.165, 1.54) is 51.0 Å². The van der Waals surface area contributed by atoms with Crippen LogP contribution in [0.15, 0.2) is 97.3 Å². The molecule has 4 nitrogen and oxygen atoms in total. The Morgan fingerprint density at radius 3 is 2.49 bits per heavy atom. The quantitative estimate of drug-likeness (QED) is 0.214. The topological polar surface area (TPSA) is 63.1 Å². The summed E-state index contributed by atoms with van der Waals surface area (Å²) < 4.78 is 13.6. The second-order valence-corrected chi connectivity index (χ2v) is 11.6. The number of halogens is 2. The van der Waals surface area contributed by atoms with Crippen LogP contribution >= 0.6 is 11.6 Å². The van der Waals surface area contributed by atoms with Crippen molar-refractivity contribution in [1.82, 2.24) is 9.97 Å². The Labute approximate surface area is 242 Å². The Morgan fingerprint density at radius 1 is 0.902 bits per heavy atom. The molecule has 0 saturated heterocycles. The van der Waals surface area contributed by atoms with Gasteiger partial charge in [0.1, 0.15) is 11.5 Å². The van der Waals surface area contributed by atoms with Crippen LogP contribution in [0.1, 0.15) is 53.4 Å². The second-order valence-electron chi connectivity index (χ2n) is 11.2. The smallest absolute Gasteiger partial charge is 0.354 e. The van der Waals surface area contributed by atoms with Gasteiger partial charge in [-0.05, 0) is 86.7 Å². The van der Waals surface area contributed by atoms with Crippen LogP contribution in [0.4, 0.5) is 4.39 Å². The third kappa shape index (κ3) is 5.14. The molecule has 0 fully saturated rings. The molecule has 0 saturated carbocycles. The van der Waals surface area contributed by atoms with Crippen molar-refractivity contribution in [3.8, 4) is 0 Å². The van der Waals surface area contributed by atoms with E-state index in [4.69, 9.17) is 16.7 Å². The first-order valence-electron chi connectivity index (χ1n) is 13.5. The minimum Gasteiger partial charge on any atom is -0.477 e. The predicted molar refractivity (Wildman–Crippen MR) is 163 cm³/mol. The van der Waals surface area contributed by atoms with Gasteiger partial charge < -0.3 is 5.11 Å². The average Bonchev–Trinajstić information content (AvgIpc) is 2.97. The number of aromatic nitrogens is 2. The minimum atomic E-state index is -1.02. The fraction of sp³-hybridized carbons (Fsp3) is 0.171. The molecule has 1 atom stereocenters. The SMILES string of the molecule is CC1(C)CC(c2ccc(F)c(Cl)c2)Cc2ccc3c(ccc4ccccc43)c21.O=C(O)c1cc2cccnc2cn1. The van der Waals surface area contributed by atoms with Gasteiger partial charge in [0.05, 0.1) is 16.7 Å². The molecule has 2 aromatic heterocycles. The summed E-state index contributed by atoms with van der Waals surface area (Å²) in [5.74, 6) is -1.02. The standard InChI is InChI=1S/C26H22ClF.C9H6N2O2/c1-26(2)15-19(17-9-12-24(28)23(27)14-17)13-18-8-10-21-20-6-4-3-5-16(20)7-11-22(21)25(18)26;12-9(13)7-4-6-2-1-3-10-8(6)5-11-7/h3-12,14,19H,13,15H2,1-2H3;1-5H,(H,12,13). The van der Waals surface area contributed by atoms with Crippen LogP contribution in [0, 0.1) is 5.82 Å². The highest BCUT2D eigenvalue weighted by molar-refractivity contribution is 6.30. The van der Waals surface area contributed by atoms with Crippen LogP contribution in [0.25, 0.3) is 32.4 Å². The van der Waals surface area contributed by atoms with Crippen molar-refractivity contribution in [3.63, 3.8) is 0 Å². The molecule has 0 amide bonds. The van der Waals surface area contributed by atoms with E-state index in [0.717, 1.165) is 23.8 Å². The third-order valence-electron chi connectivity index (χ3n) is 8.04. The van der Waals surface area contributed by atoms with Gasteiger partial charge in [0.15, 0.2) is 0 Å². The van der Waals surface area contributed by atoms with Gasteiger partial charge in [0.25, 0.3) is 0 Å². The number of aromatic carboxylic acids is 1. The van der Waals surface area contributed by atoms with Crippen molar-refractivity contribution in [3.05, 3.63) is 131 Å². The molecule has 41 heavy (non-hydrogen) atoms. The number of nitrogens with zero attached hydrogens (tertiary/aromatic N) is 2. The molecule has 0 bridgehead atoms. The number of carboxylic acid groups (broad SMARTS) is 1. The lowest BCUT2D eigenvalue weighted by Crippen LogP contribution is -2.29. The first-order chi connectivity index (χ1) is 19.7. The number of carbonyl (C=O) groups is 1. The van der Waals surface area contributed by atoms with Crippen LogP contribution < -0.4 is 0 Å². The Bertz CT molecular complexity index is 1950. The molecular formula is C35H28ClFN2O2. The van der Waals surface area contributed by atoms with Gasteiger partial charge in [-0.3, -0.25) is 4.98 Å². The largest absolute Gasteiger partial charge is 0.477 e. The highest BCUT2D eigenvalue weighted by Gasteiger charge is 2.35. The van der Waals surface area contributed by atoms with Gasteiger partial charge in [-0.15, -0.1) is 0 Å². The molecule has 1 aliphatic carbocycles. The number of fused-ring (bicyclic) bond motifs is 6. The van der Waals surface area contributed by atoms with Gasteiger partial charge in [0, 0.05) is 11.6 Å². The molecule has 1 N–H and O–H groups in total. The lowest BCUT2D eigenvalue weighted by molar-refractivity contribution is 0.0690. The zero-order valence-corrected chi connectivity index (χ0v) is 23.5. The zero-order valence-electron chi connectivity index (χ0n) is 22.7. The minimum absolute atomic E-state index is 0.0288. The molecule has 0 radical (unpaired) electrons. The summed E-state index contributed by atoms with van der Waals surface area (Å²) >= 11 is 6.06. The second kappa shape index (κ2) is 10.6. The van der Waals surface area contributed by atoms with E-state index in [9.17, 15) is 9.18 Å². The number of carboxylic acids is 1. The van der Waals surface area contributed by atoms with Gasteiger partial charge in [-0.25, -0.2) is 14.2 Å². The van der Waals surface area contributed by atoms with E-state index in [0.29, 0.717) is 11.4 Å². The van der Waals surface area contributed by atoms with E-state index >= 15 is 0 Å². The predicted octanol–water partition coefficient (Wildman–Crippen LogP) is 9.12. The van der Waals surface area contributed by atoms with E-state index in [1.54, 1.807) is 24.4 Å². The Balaban J connectivity index is 0.000000195. The van der Waals surface area contributed by atoms with E-state index in [-0.39, 0.29) is 21.9 Å². The van der Waals surface area contributed by atoms with Crippen molar-refractivity contribution >= 4 is 50.0 Å². The van der Waals surface area contributed by atoms with Crippen LogP contribution in [0.5, 0.6) is 0 Å². The molecule has 2 heterocycles. The van der Waals surface area contributed by atoms with Crippen LogP contribution in [-0.4, -0.2) is 21.0 Å². The number of benzene rings is 4. The fourth-order valence-corrected chi connectivity index (χ4v) is 6.44. The van der Waals surface area contributed by atoms with Gasteiger partial charge in [0.2, 0.25) is 0 Å². The number of rotatable bonds is 2. The van der Waals surface area contributed by atoms with E-state index in [1.807, 2.05) is 6.07 Å². The molecule has 204 valence electrons. The maximum atomic E-state index is 13.6. The summed E-state index contributed by atoms with van der Waals surface area (Å²) in [4.78, 5) is 18.3. The lowest BCUT2D eigenvalue weighted by atomic mass is 9.65. The highest BCUT2D eigenvalue weighted by Crippen LogP contribution is 2.47. The average molecular weight is 563 g/mol. The summed E-state index contributed by atoms with van der Waals surface area (Å²) in [6, 6.07) is 27.9. The van der Waals surface area contributed by atoms with Gasteiger partial charge in [-0.2, -0.15) is 0 Å². The lowest BCUT2D eigenvalue weighted by Gasteiger charge is -2.39. The summed E-state index contributed by atoms with van der Waals surface area (Å²) in [7, 11) is 0. The van der Waals surface area contributed by atoms with Crippen molar-refractivity contribution in [2.75, 3.05) is 0 Å². The molecule has 1 unspecified atom stereocenters. The Hall–Kier alpha value is -4.35. The summed E-state index contributed by atoms with van der Waals surface area (Å²) in [6.45, 7) is 4.66. The van der Waals surface area contributed by atoms with E-state index in [2.05, 4.69) is 72.3 Å². The maximum absolute atomic E-state index is 13.6. The molecule has 6 heteroatoms. The van der Waals surface area contributed by atoms with Crippen LogP contribution in [-0.2, 0) is 11.8 Å². The number of pyridine rings is 2. The zero-order chi connectivity index (χ0) is 28.7. The van der Waals surface area contributed by atoms with Crippen LogP contribution in [0.3, 0.4) is 0 Å². The van der Waals surface area contributed by atoms with Gasteiger partial charge >= 0.3 is 5.97 Å². The highest BCUT2D eigenvalue weighted by atomic mass is 35.5. The van der Waals surface area contributed by atoms with Crippen molar-refractivity contribution in [2.45, 2.75) is 38.0 Å². The molecule has 1 aliphatic rings. The fourth-order valence-electron chi connectivity index (χ4n) is 6.25.